The maximum atomic E-state index is 5.73. The van der Waals surface area contributed by atoms with E-state index >= 15 is 0 Å². The number of methoxy groups -OCH3 is 1. The van der Waals surface area contributed by atoms with E-state index in [4.69, 9.17) is 9.73 Å². The normalized spacial score (nSPS) is 18.6. The number of benzene rings is 2. The third-order valence-corrected chi connectivity index (χ3v) is 5.97. The Morgan fingerprint density at radius 1 is 1.21 bits per heavy atom. The topological polar surface area (TPSA) is 24.8 Å². The Morgan fingerprint density at radius 3 is 2.46 bits per heavy atom. The van der Waals surface area contributed by atoms with Crippen LogP contribution in [0.5, 0.6) is 5.75 Å². The van der Waals surface area contributed by atoms with Crippen molar-refractivity contribution < 1.29 is 4.74 Å². The van der Waals surface area contributed by atoms with E-state index in [-0.39, 0.29) is 5.54 Å². The van der Waals surface area contributed by atoms with Crippen LogP contribution in [0.15, 0.2) is 41.4 Å². The third-order valence-electron chi connectivity index (χ3n) is 5.97. The maximum Gasteiger partial charge on any atom is 0.129 e. The Bertz CT molecular complexity index is 850. The van der Waals surface area contributed by atoms with E-state index in [1.165, 1.54) is 16.8 Å². The number of hydrogen-bond acceptors (Lipinski definition) is 3. The van der Waals surface area contributed by atoms with Gasteiger partial charge in [-0.1, -0.05) is 32.9 Å². The van der Waals surface area contributed by atoms with Crippen molar-refractivity contribution in [2.45, 2.75) is 65.3 Å². The predicted octanol–water partition coefficient (Wildman–Crippen LogP) is 6.68. The van der Waals surface area contributed by atoms with Crippen LogP contribution in [-0.2, 0) is 0 Å². The van der Waals surface area contributed by atoms with Gasteiger partial charge in [0.1, 0.15) is 5.75 Å². The summed E-state index contributed by atoms with van der Waals surface area (Å²) in [5.41, 5.74) is 6.17. The number of nitrogens with zero attached hydrogens (tertiary/aromatic N) is 2. The summed E-state index contributed by atoms with van der Waals surface area (Å²) < 4.78 is 5.73. The van der Waals surface area contributed by atoms with Crippen LogP contribution in [0.1, 0.15) is 76.5 Å². The summed E-state index contributed by atoms with van der Waals surface area (Å²) in [6.45, 7) is 14.6. The maximum absolute atomic E-state index is 5.73. The quantitative estimate of drug-likeness (QED) is 0.542. The highest BCUT2D eigenvalue weighted by Crippen LogP contribution is 2.45. The van der Waals surface area contributed by atoms with Gasteiger partial charge in [-0.15, -0.1) is 0 Å². The zero-order chi connectivity index (χ0) is 20.5. The van der Waals surface area contributed by atoms with Gasteiger partial charge >= 0.3 is 0 Å². The minimum Gasteiger partial charge on any atom is -0.496 e. The van der Waals surface area contributed by atoms with Gasteiger partial charge in [-0.25, -0.2) is 0 Å². The summed E-state index contributed by atoms with van der Waals surface area (Å²) in [6.07, 6.45) is 3.08. The van der Waals surface area contributed by atoms with Crippen molar-refractivity contribution in [3.8, 4) is 5.75 Å². The van der Waals surface area contributed by atoms with E-state index in [0.717, 1.165) is 30.0 Å². The number of rotatable bonds is 5. The van der Waals surface area contributed by atoms with Gasteiger partial charge in [0.15, 0.2) is 0 Å². The van der Waals surface area contributed by atoms with Crippen LogP contribution < -0.4 is 9.64 Å². The van der Waals surface area contributed by atoms with E-state index in [1.807, 2.05) is 6.21 Å². The van der Waals surface area contributed by atoms with Gasteiger partial charge in [0.2, 0.25) is 0 Å². The summed E-state index contributed by atoms with van der Waals surface area (Å²) in [6, 6.07) is 12.9. The molecule has 2 aromatic carbocycles. The lowest BCUT2D eigenvalue weighted by molar-refractivity contribution is 0.377. The number of hydrogen-bond donors (Lipinski definition) is 0. The number of aliphatic imine (C=N–C) groups is 1. The van der Waals surface area contributed by atoms with E-state index in [1.54, 1.807) is 7.11 Å². The Morgan fingerprint density at radius 2 is 1.89 bits per heavy atom. The summed E-state index contributed by atoms with van der Waals surface area (Å²) in [5, 5.41) is 0. The fourth-order valence-corrected chi connectivity index (χ4v) is 4.49. The Hall–Kier alpha value is -2.29. The van der Waals surface area contributed by atoms with Crippen LogP contribution >= 0.6 is 0 Å². The molecular formula is C25H34N2O. The lowest BCUT2D eigenvalue weighted by Crippen LogP contribution is -2.48. The molecule has 150 valence electrons. The average molecular weight is 379 g/mol. The van der Waals surface area contributed by atoms with E-state index in [9.17, 15) is 0 Å². The van der Waals surface area contributed by atoms with Crippen LogP contribution in [0.25, 0.3) is 0 Å². The summed E-state index contributed by atoms with van der Waals surface area (Å²) in [4.78, 5) is 7.21. The summed E-state index contributed by atoms with van der Waals surface area (Å²) >= 11 is 0. The monoisotopic (exact) mass is 378 g/mol. The first-order valence-electron chi connectivity index (χ1n) is 10.4. The van der Waals surface area contributed by atoms with Crippen molar-refractivity contribution >= 4 is 17.6 Å². The molecule has 1 heterocycles. The minimum absolute atomic E-state index is 0.153. The fraction of sp³-hybridized carbons (Fsp3) is 0.480. The molecule has 0 spiro atoms. The van der Waals surface area contributed by atoms with E-state index in [2.05, 4.69) is 82.8 Å². The molecule has 3 nitrogen and oxygen atoms in total. The van der Waals surface area contributed by atoms with Gasteiger partial charge in [0.25, 0.3) is 0 Å². The number of ether oxygens (including phenoxy) is 1. The molecule has 0 radical (unpaired) electrons. The van der Waals surface area contributed by atoms with Crippen molar-refractivity contribution in [2.24, 2.45) is 4.99 Å². The molecule has 2 aromatic rings. The molecular weight excluding hydrogens is 344 g/mol. The standard InChI is InChI=1S/C25H34N2O/c1-8-27-23-14-24(28-7)20(13-22(23)18(4)15-25(27,5)6)16-26-21-11-9-19(10-12-21)17(2)3/h9-14,16-18H,8,15H2,1-7H3. The van der Waals surface area contributed by atoms with E-state index in [0.29, 0.717) is 11.8 Å². The van der Waals surface area contributed by atoms with E-state index < -0.39 is 0 Å². The van der Waals surface area contributed by atoms with Gasteiger partial charge in [-0.05, 0) is 68.4 Å². The molecule has 0 saturated carbocycles. The zero-order valence-corrected chi connectivity index (χ0v) is 18.4. The fourth-order valence-electron chi connectivity index (χ4n) is 4.49. The number of anilines is 1. The third kappa shape index (κ3) is 3.94. The van der Waals surface area contributed by atoms with Crippen LogP contribution in [0, 0.1) is 0 Å². The first-order valence-corrected chi connectivity index (χ1v) is 10.4. The highest BCUT2D eigenvalue weighted by molar-refractivity contribution is 5.87. The van der Waals surface area contributed by atoms with Gasteiger partial charge in [-0.3, -0.25) is 4.99 Å². The largest absolute Gasteiger partial charge is 0.496 e. The minimum atomic E-state index is 0.153. The second-order valence-electron chi connectivity index (χ2n) is 8.82. The van der Waals surface area contributed by atoms with Crippen molar-refractivity contribution in [3.63, 3.8) is 0 Å². The van der Waals surface area contributed by atoms with Gasteiger partial charge in [0.05, 0.1) is 12.8 Å². The molecule has 1 atom stereocenters. The Labute approximate surface area is 170 Å². The van der Waals surface area contributed by atoms with Crippen molar-refractivity contribution in [1.82, 2.24) is 0 Å². The molecule has 1 aliphatic rings. The molecule has 1 aliphatic heterocycles. The van der Waals surface area contributed by atoms with Gasteiger partial charge in [-0.2, -0.15) is 0 Å². The van der Waals surface area contributed by atoms with Crippen molar-refractivity contribution in [1.29, 1.82) is 0 Å². The van der Waals surface area contributed by atoms with Gasteiger partial charge < -0.3 is 9.64 Å². The molecule has 0 aromatic heterocycles. The molecule has 0 saturated heterocycles. The zero-order valence-electron chi connectivity index (χ0n) is 18.4. The lowest BCUT2D eigenvalue weighted by atomic mass is 9.79. The molecule has 1 unspecified atom stereocenters. The molecule has 0 N–H and O–H groups in total. The molecule has 28 heavy (non-hydrogen) atoms. The highest BCUT2D eigenvalue weighted by atomic mass is 16.5. The first-order chi connectivity index (χ1) is 13.3. The molecule has 0 bridgehead atoms. The predicted molar refractivity (Wildman–Crippen MR) is 121 cm³/mol. The molecule has 0 amide bonds. The summed E-state index contributed by atoms with van der Waals surface area (Å²) in [7, 11) is 1.74. The second-order valence-corrected chi connectivity index (χ2v) is 8.82. The molecule has 0 aliphatic carbocycles. The number of fused-ring (bicyclic) bond motifs is 1. The Kier molecular flexibility index (Phi) is 5.83. The second kappa shape index (κ2) is 7.98. The van der Waals surface area contributed by atoms with Crippen LogP contribution in [0.2, 0.25) is 0 Å². The first kappa shape index (κ1) is 20.4. The van der Waals surface area contributed by atoms with Crippen molar-refractivity contribution in [2.75, 3.05) is 18.6 Å². The van der Waals surface area contributed by atoms with Crippen molar-refractivity contribution in [3.05, 3.63) is 53.1 Å². The van der Waals surface area contributed by atoms with Crippen LogP contribution in [0.4, 0.5) is 11.4 Å². The smallest absolute Gasteiger partial charge is 0.129 e. The van der Waals surface area contributed by atoms with Crippen LogP contribution in [-0.4, -0.2) is 25.4 Å². The lowest BCUT2D eigenvalue weighted by Gasteiger charge is -2.47. The average Bonchev–Trinajstić information content (AvgIpc) is 2.65. The van der Waals surface area contributed by atoms with Gasteiger partial charge in [0, 0.05) is 35.6 Å². The molecule has 0 fully saturated rings. The van der Waals surface area contributed by atoms with Crippen LogP contribution in [0.3, 0.4) is 0 Å². The molecule has 3 rings (SSSR count). The summed E-state index contributed by atoms with van der Waals surface area (Å²) in [5.74, 6) is 1.92. The Balaban J connectivity index is 1.97. The SMILES string of the molecule is CCN1c2cc(OC)c(C=Nc3ccc(C(C)C)cc3)cc2C(C)CC1(C)C. The molecule has 3 heteroatoms. The highest BCUT2D eigenvalue weighted by Gasteiger charge is 2.36.